The van der Waals surface area contributed by atoms with E-state index >= 15 is 0 Å². The molecule has 2 aromatic rings. The lowest BCUT2D eigenvalue weighted by atomic mass is 10.1. The predicted molar refractivity (Wildman–Crippen MR) is 53.4 cm³/mol. The van der Waals surface area contributed by atoms with E-state index in [9.17, 15) is 4.39 Å². The van der Waals surface area contributed by atoms with Crippen molar-refractivity contribution < 1.29 is 4.39 Å². The summed E-state index contributed by atoms with van der Waals surface area (Å²) in [5.74, 6) is -0.299. The van der Waals surface area contributed by atoms with E-state index in [1.54, 1.807) is 18.3 Å². The predicted octanol–water partition coefficient (Wildman–Crippen LogP) is 2.38. The van der Waals surface area contributed by atoms with Crippen LogP contribution in [0, 0.1) is 5.82 Å². The molecule has 2 nitrogen and oxygen atoms in total. The first-order valence-corrected chi connectivity index (χ1v) is 3.57. The molecule has 4 heteroatoms. The van der Waals surface area contributed by atoms with Gasteiger partial charge in [-0.25, -0.2) is 4.39 Å². The molecule has 0 aliphatic rings. The van der Waals surface area contributed by atoms with Crippen LogP contribution in [0.25, 0.3) is 10.8 Å². The highest BCUT2D eigenvalue weighted by atomic mass is 35.5. The van der Waals surface area contributed by atoms with Crippen molar-refractivity contribution in [1.29, 1.82) is 0 Å². The molecule has 0 unspecified atom stereocenters. The Balaban J connectivity index is 0.000000845. The minimum absolute atomic E-state index is 0. The standard InChI is InChI=1S/C9H7FN2.ClH/c10-7-3-1-2-6-4-12-5-8(11)9(6)7;/h1-5H,11H2;1H. The Morgan fingerprint density at radius 2 is 2.00 bits per heavy atom. The molecule has 0 amide bonds. The number of hydrogen-bond acceptors (Lipinski definition) is 2. The summed E-state index contributed by atoms with van der Waals surface area (Å²) in [6.45, 7) is 0. The Bertz CT molecular complexity index is 394. The zero-order valence-corrected chi connectivity index (χ0v) is 7.51. The van der Waals surface area contributed by atoms with Crippen LogP contribution in [-0.4, -0.2) is 4.98 Å². The smallest absolute Gasteiger partial charge is 0.133 e. The van der Waals surface area contributed by atoms with Gasteiger partial charge in [0.25, 0.3) is 0 Å². The van der Waals surface area contributed by atoms with Crippen molar-refractivity contribution in [2.45, 2.75) is 0 Å². The van der Waals surface area contributed by atoms with Crippen LogP contribution < -0.4 is 5.73 Å². The van der Waals surface area contributed by atoms with Gasteiger partial charge >= 0.3 is 0 Å². The molecule has 1 aromatic carbocycles. The van der Waals surface area contributed by atoms with Gasteiger partial charge in [-0.05, 0) is 6.07 Å². The van der Waals surface area contributed by atoms with Crippen molar-refractivity contribution >= 4 is 28.9 Å². The number of pyridine rings is 1. The lowest BCUT2D eigenvalue weighted by Crippen LogP contribution is -1.90. The molecular formula is C9H8ClFN2. The SMILES string of the molecule is Cl.Nc1cncc2cccc(F)c12. The number of nitrogen functional groups attached to an aromatic ring is 1. The molecule has 1 aromatic heterocycles. The number of anilines is 1. The number of halogens is 2. The Hall–Kier alpha value is -1.35. The van der Waals surface area contributed by atoms with E-state index in [4.69, 9.17) is 5.73 Å². The number of nitrogens with zero attached hydrogens (tertiary/aromatic N) is 1. The van der Waals surface area contributed by atoms with Crippen LogP contribution in [0.4, 0.5) is 10.1 Å². The van der Waals surface area contributed by atoms with Crippen molar-refractivity contribution in [3.63, 3.8) is 0 Å². The van der Waals surface area contributed by atoms with E-state index < -0.39 is 0 Å². The lowest BCUT2D eigenvalue weighted by molar-refractivity contribution is 0.640. The van der Waals surface area contributed by atoms with Gasteiger partial charge in [-0.2, -0.15) is 0 Å². The fourth-order valence-corrected chi connectivity index (χ4v) is 1.22. The molecule has 68 valence electrons. The van der Waals surface area contributed by atoms with Crippen molar-refractivity contribution in [3.8, 4) is 0 Å². The average molecular weight is 199 g/mol. The van der Waals surface area contributed by atoms with Crippen molar-refractivity contribution in [2.24, 2.45) is 0 Å². The minimum Gasteiger partial charge on any atom is -0.397 e. The summed E-state index contributed by atoms with van der Waals surface area (Å²) in [7, 11) is 0. The maximum absolute atomic E-state index is 13.1. The highest BCUT2D eigenvalue weighted by molar-refractivity contribution is 5.92. The normalized spacial score (nSPS) is 9.62. The van der Waals surface area contributed by atoms with Gasteiger partial charge in [0.15, 0.2) is 0 Å². The Labute approximate surface area is 81.0 Å². The second-order valence-corrected chi connectivity index (χ2v) is 2.57. The highest BCUT2D eigenvalue weighted by Gasteiger charge is 2.02. The molecule has 0 atom stereocenters. The van der Waals surface area contributed by atoms with Crippen LogP contribution in [0.15, 0.2) is 30.6 Å². The van der Waals surface area contributed by atoms with E-state index in [-0.39, 0.29) is 18.2 Å². The molecule has 0 saturated carbocycles. The monoisotopic (exact) mass is 198 g/mol. The van der Waals surface area contributed by atoms with Gasteiger partial charge in [0.05, 0.1) is 11.9 Å². The molecule has 2 N–H and O–H groups in total. The van der Waals surface area contributed by atoms with Crippen molar-refractivity contribution in [1.82, 2.24) is 4.98 Å². The zero-order chi connectivity index (χ0) is 8.55. The first-order chi connectivity index (χ1) is 5.79. The third-order valence-electron chi connectivity index (χ3n) is 1.76. The van der Waals surface area contributed by atoms with Gasteiger partial charge in [-0.15, -0.1) is 12.4 Å². The number of aromatic nitrogens is 1. The summed E-state index contributed by atoms with van der Waals surface area (Å²) in [4.78, 5) is 3.86. The van der Waals surface area contributed by atoms with Gasteiger partial charge in [0, 0.05) is 17.0 Å². The largest absolute Gasteiger partial charge is 0.397 e. The van der Waals surface area contributed by atoms with Gasteiger partial charge < -0.3 is 5.73 Å². The van der Waals surface area contributed by atoms with E-state index in [0.29, 0.717) is 11.1 Å². The molecule has 0 spiro atoms. The fourth-order valence-electron chi connectivity index (χ4n) is 1.22. The molecule has 2 rings (SSSR count). The highest BCUT2D eigenvalue weighted by Crippen LogP contribution is 2.21. The molecule has 0 radical (unpaired) electrons. The summed E-state index contributed by atoms with van der Waals surface area (Å²) in [5, 5.41) is 1.18. The maximum atomic E-state index is 13.1. The third-order valence-corrected chi connectivity index (χ3v) is 1.76. The summed E-state index contributed by atoms with van der Waals surface area (Å²) in [6, 6.07) is 4.80. The summed E-state index contributed by atoms with van der Waals surface area (Å²) >= 11 is 0. The van der Waals surface area contributed by atoms with E-state index in [2.05, 4.69) is 4.98 Å². The number of rotatable bonds is 0. The van der Waals surface area contributed by atoms with Gasteiger partial charge in [0.2, 0.25) is 0 Å². The molecule has 1 heterocycles. The number of hydrogen-bond donors (Lipinski definition) is 1. The van der Waals surface area contributed by atoms with Crippen LogP contribution in [0.5, 0.6) is 0 Å². The van der Waals surface area contributed by atoms with Crippen LogP contribution in [0.2, 0.25) is 0 Å². The molecular weight excluding hydrogens is 191 g/mol. The molecule has 13 heavy (non-hydrogen) atoms. The lowest BCUT2D eigenvalue weighted by Gasteiger charge is -2.00. The number of fused-ring (bicyclic) bond motifs is 1. The molecule has 0 aliphatic carbocycles. The molecule has 0 saturated heterocycles. The Kier molecular flexibility index (Phi) is 2.68. The quantitative estimate of drug-likeness (QED) is 0.706. The second kappa shape index (κ2) is 3.58. The summed E-state index contributed by atoms with van der Waals surface area (Å²) in [5.41, 5.74) is 5.93. The minimum atomic E-state index is -0.299. The van der Waals surface area contributed by atoms with Gasteiger partial charge in [-0.3, -0.25) is 4.98 Å². The van der Waals surface area contributed by atoms with E-state index in [1.807, 2.05) is 0 Å². The molecule has 0 bridgehead atoms. The molecule has 0 fully saturated rings. The third kappa shape index (κ3) is 1.55. The van der Waals surface area contributed by atoms with Crippen LogP contribution in [0.1, 0.15) is 0 Å². The topological polar surface area (TPSA) is 38.9 Å². The van der Waals surface area contributed by atoms with Gasteiger partial charge in [-0.1, -0.05) is 12.1 Å². The van der Waals surface area contributed by atoms with Crippen molar-refractivity contribution in [3.05, 3.63) is 36.4 Å². The first-order valence-electron chi connectivity index (χ1n) is 3.57. The summed E-state index contributed by atoms with van der Waals surface area (Å²) in [6.07, 6.45) is 3.04. The van der Waals surface area contributed by atoms with Crippen LogP contribution >= 0.6 is 12.4 Å². The van der Waals surface area contributed by atoms with E-state index in [1.165, 1.54) is 12.3 Å². The fraction of sp³-hybridized carbons (Fsp3) is 0. The van der Waals surface area contributed by atoms with Gasteiger partial charge in [0.1, 0.15) is 5.82 Å². The second-order valence-electron chi connectivity index (χ2n) is 2.57. The van der Waals surface area contributed by atoms with Crippen molar-refractivity contribution in [2.75, 3.05) is 5.73 Å². The Morgan fingerprint density at radius 3 is 2.69 bits per heavy atom. The number of nitrogens with two attached hydrogens (primary N) is 1. The zero-order valence-electron chi connectivity index (χ0n) is 6.70. The van der Waals surface area contributed by atoms with Crippen LogP contribution in [-0.2, 0) is 0 Å². The number of benzene rings is 1. The van der Waals surface area contributed by atoms with E-state index in [0.717, 1.165) is 5.39 Å². The molecule has 0 aliphatic heterocycles. The average Bonchev–Trinajstić information content (AvgIpc) is 2.04. The Morgan fingerprint density at radius 1 is 1.23 bits per heavy atom. The maximum Gasteiger partial charge on any atom is 0.133 e. The summed E-state index contributed by atoms with van der Waals surface area (Å²) < 4.78 is 13.1. The first kappa shape index (κ1) is 9.74. The van der Waals surface area contributed by atoms with Crippen LogP contribution in [0.3, 0.4) is 0 Å².